The maximum absolute atomic E-state index is 12.6. The molecule has 0 atom stereocenters. The lowest BCUT2D eigenvalue weighted by Gasteiger charge is -2.19. The average Bonchev–Trinajstić information content (AvgIpc) is 2.69. The molecule has 0 spiro atoms. The monoisotopic (exact) mass is 384 g/mol. The summed E-state index contributed by atoms with van der Waals surface area (Å²) in [5.74, 6) is -0.588. The first-order chi connectivity index (χ1) is 10.6. The van der Waals surface area contributed by atoms with Crippen LogP contribution in [0.2, 0.25) is 0 Å². The Morgan fingerprint density at radius 1 is 1.22 bits per heavy atom. The second-order valence-electron chi connectivity index (χ2n) is 5.89. The van der Waals surface area contributed by atoms with E-state index in [1.165, 1.54) is 11.7 Å². The lowest BCUT2D eigenvalue weighted by molar-refractivity contribution is -0.141. The van der Waals surface area contributed by atoms with Gasteiger partial charge in [0.2, 0.25) is 0 Å². The molecule has 0 fully saturated rings. The Kier molecular flexibility index (Phi) is 4.65. The molecule has 0 radical (unpaired) electrons. The first-order valence-corrected chi connectivity index (χ1v) is 7.64. The van der Waals surface area contributed by atoms with Crippen LogP contribution in [0.4, 0.5) is 4.79 Å². The maximum atomic E-state index is 12.6. The molecule has 0 saturated heterocycles. The van der Waals surface area contributed by atoms with Gasteiger partial charge >= 0.3 is 17.8 Å². The zero-order valence-electron chi connectivity index (χ0n) is 13.3. The largest absolute Gasteiger partial charge is 0.468 e. The molecule has 0 N–H and O–H groups in total. The van der Waals surface area contributed by atoms with Gasteiger partial charge in [0, 0.05) is 4.47 Å². The van der Waals surface area contributed by atoms with Gasteiger partial charge in [-0.2, -0.15) is 4.57 Å². The fraction of sp³-hybridized carbons (Fsp3) is 0.400. The molecule has 0 unspecified atom stereocenters. The minimum absolute atomic E-state index is 0.294. The number of carbonyl (C=O) groups is 2. The number of fused-ring (bicyclic) bond motifs is 1. The average molecular weight is 385 g/mol. The molecule has 2 rings (SSSR count). The van der Waals surface area contributed by atoms with E-state index >= 15 is 0 Å². The van der Waals surface area contributed by atoms with Gasteiger partial charge in [0.15, 0.2) is 0 Å². The van der Waals surface area contributed by atoms with Crippen LogP contribution in [0.25, 0.3) is 11.0 Å². The number of aromatic nitrogens is 2. The van der Waals surface area contributed by atoms with E-state index in [9.17, 15) is 14.4 Å². The van der Waals surface area contributed by atoms with Crippen LogP contribution in [0, 0.1) is 0 Å². The predicted molar refractivity (Wildman–Crippen MR) is 87.5 cm³/mol. The SMILES string of the molecule is COC(=O)Cn1c(=O)n(C(=O)OC(C)(C)C)c2ccc(Br)cc21. The first kappa shape index (κ1) is 17.3. The highest BCUT2D eigenvalue weighted by Crippen LogP contribution is 2.20. The number of halogens is 1. The van der Waals surface area contributed by atoms with Gasteiger partial charge in [-0.05, 0) is 39.0 Å². The van der Waals surface area contributed by atoms with Gasteiger partial charge in [0.1, 0.15) is 12.1 Å². The zero-order valence-corrected chi connectivity index (χ0v) is 14.8. The Morgan fingerprint density at radius 2 is 1.87 bits per heavy atom. The number of hydrogen-bond acceptors (Lipinski definition) is 5. The van der Waals surface area contributed by atoms with E-state index in [4.69, 9.17) is 4.74 Å². The van der Waals surface area contributed by atoms with Crippen molar-refractivity contribution >= 4 is 39.0 Å². The van der Waals surface area contributed by atoms with E-state index < -0.39 is 23.4 Å². The number of hydrogen-bond donors (Lipinski definition) is 0. The van der Waals surface area contributed by atoms with Crippen LogP contribution in [0.3, 0.4) is 0 Å². The van der Waals surface area contributed by atoms with E-state index in [-0.39, 0.29) is 6.54 Å². The fourth-order valence-electron chi connectivity index (χ4n) is 2.06. The lowest BCUT2D eigenvalue weighted by atomic mass is 10.2. The van der Waals surface area contributed by atoms with Gasteiger partial charge in [-0.1, -0.05) is 15.9 Å². The molecule has 0 aliphatic carbocycles. The molecule has 1 heterocycles. The van der Waals surface area contributed by atoms with Crippen LogP contribution >= 0.6 is 15.9 Å². The molecule has 23 heavy (non-hydrogen) atoms. The lowest BCUT2D eigenvalue weighted by Crippen LogP contribution is -2.35. The first-order valence-electron chi connectivity index (χ1n) is 6.85. The molecule has 0 bridgehead atoms. The van der Waals surface area contributed by atoms with Gasteiger partial charge in [-0.15, -0.1) is 0 Å². The quantitative estimate of drug-likeness (QED) is 0.743. The molecule has 1 aromatic heterocycles. The van der Waals surface area contributed by atoms with E-state index in [1.54, 1.807) is 39.0 Å². The van der Waals surface area contributed by atoms with Crippen LogP contribution in [-0.4, -0.2) is 33.9 Å². The smallest absolute Gasteiger partial charge is 0.423 e. The Labute approximate surface area is 140 Å². The van der Waals surface area contributed by atoms with Crippen LogP contribution in [0.5, 0.6) is 0 Å². The minimum atomic E-state index is -0.793. The highest BCUT2D eigenvalue weighted by molar-refractivity contribution is 9.10. The maximum Gasteiger partial charge on any atom is 0.423 e. The Bertz CT molecular complexity index is 829. The highest BCUT2D eigenvalue weighted by Gasteiger charge is 2.24. The van der Waals surface area contributed by atoms with Crippen molar-refractivity contribution in [1.82, 2.24) is 9.13 Å². The van der Waals surface area contributed by atoms with Crippen molar-refractivity contribution in [2.75, 3.05) is 7.11 Å². The number of nitrogens with zero attached hydrogens (tertiary/aromatic N) is 2. The summed E-state index contributed by atoms with van der Waals surface area (Å²) in [5, 5.41) is 0. The van der Waals surface area contributed by atoms with Crippen molar-refractivity contribution in [3.63, 3.8) is 0 Å². The molecular weight excluding hydrogens is 368 g/mol. The summed E-state index contributed by atoms with van der Waals surface area (Å²) in [5.41, 5.74) is -0.613. The second-order valence-corrected chi connectivity index (χ2v) is 6.81. The molecule has 1 aromatic carbocycles. The number of methoxy groups -OCH3 is 1. The van der Waals surface area contributed by atoms with Crippen LogP contribution < -0.4 is 5.69 Å². The summed E-state index contributed by atoms with van der Waals surface area (Å²) in [6.07, 6.45) is -0.793. The van der Waals surface area contributed by atoms with Gasteiger partial charge in [-0.25, -0.2) is 9.59 Å². The van der Waals surface area contributed by atoms with Crippen molar-refractivity contribution in [1.29, 1.82) is 0 Å². The van der Waals surface area contributed by atoms with E-state index in [2.05, 4.69) is 20.7 Å². The fourth-order valence-corrected chi connectivity index (χ4v) is 2.41. The molecule has 0 saturated carbocycles. The van der Waals surface area contributed by atoms with Crippen LogP contribution in [0.1, 0.15) is 20.8 Å². The summed E-state index contributed by atoms with van der Waals surface area (Å²) >= 11 is 3.31. The van der Waals surface area contributed by atoms with Crippen molar-refractivity contribution in [3.05, 3.63) is 33.2 Å². The molecule has 0 aliphatic heterocycles. The summed E-state index contributed by atoms with van der Waals surface area (Å²) in [7, 11) is 1.23. The third kappa shape index (κ3) is 3.64. The third-order valence-corrected chi connectivity index (χ3v) is 3.48. The van der Waals surface area contributed by atoms with Crippen LogP contribution in [0.15, 0.2) is 27.5 Å². The zero-order chi connectivity index (χ0) is 17.4. The number of esters is 1. The van der Waals surface area contributed by atoms with E-state index in [0.29, 0.717) is 15.5 Å². The topological polar surface area (TPSA) is 79.5 Å². The summed E-state index contributed by atoms with van der Waals surface area (Å²) < 4.78 is 12.7. The Hall–Kier alpha value is -2.09. The molecule has 7 nitrogen and oxygen atoms in total. The van der Waals surface area contributed by atoms with Gasteiger partial charge in [0.25, 0.3) is 0 Å². The number of benzene rings is 1. The molecule has 0 amide bonds. The second kappa shape index (κ2) is 6.19. The standard InChI is InChI=1S/C15H17BrN2O5/c1-15(2,3)23-14(21)18-10-6-5-9(16)7-11(10)17(13(18)20)8-12(19)22-4/h5-7H,8H2,1-4H3. The highest BCUT2D eigenvalue weighted by atomic mass is 79.9. The van der Waals surface area contributed by atoms with Gasteiger partial charge in [0.05, 0.1) is 18.1 Å². The Balaban J connectivity index is 2.66. The summed E-state index contributed by atoms with van der Waals surface area (Å²) in [6.45, 7) is 4.83. The normalized spacial score (nSPS) is 11.5. The summed E-state index contributed by atoms with van der Waals surface area (Å²) in [6, 6.07) is 4.96. The number of ether oxygens (including phenoxy) is 2. The number of rotatable bonds is 2. The molecular formula is C15H17BrN2O5. The van der Waals surface area contributed by atoms with Crippen molar-refractivity contribution in [2.24, 2.45) is 0 Å². The predicted octanol–water partition coefficient (Wildman–Crippen LogP) is 2.52. The molecule has 124 valence electrons. The summed E-state index contributed by atoms with van der Waals surface area (Å²) in [4.78, 5) is 36.5. The van der Waals surface area contributed by atoms with Crippen molar-refractivity contribution < 1.29 is 19.1 Å². The van der Waals surface area contributed by atoms with Crippen molar-refractivity contribution in [3.8, 4) is 0 Å². The molecule has 8 heteroatoms. The van der Waals surface area contributed by atoms with E-state index in [0.717, 1.165) is 4.57 Å². The molecule has 0 aliphatic rings. The minimum Gasteiger partial charge on any atom is -0.468 e. The molecule has 2 aromatic rings. The van der Waals surface area contributed by atoms with Crippen LogP contribution in [-0.2, 0) is 20.8 Å². The number of imidazole rings is 1. The van der Waals surface area contributed by atoms with Gasteiger partial charge in [-0.3, -0.25) is 9.36 Å². The van der Waals surface area contributed by atoms with E-state index in [1.807, 2.05) is 0 Å². The van der Waals surface area contributed by atoms with Gasteiger partial charge < -0.3 is 9.47 Å². The van der Waals surface area contributed by atoms with Crippen molar-refractivity contribution in [2.45, 2.75) is 32.9 Å². The third-order valence-electron chi connectivity index (χ3n) is 2.98. The Morgan fingerprint density at radius 3 is 2.43 bits per heavy atom. The number of carbonyl (C=O) groups excluding carboxylic acids is 2.